The number of hydrogen-bond acceptors (Lipinski definition) is 4. The molecule has 1 aromatic carbocycles. The van der Waals surface area contributed by atoms with Crippen LogP contribution in [-0.2, 0) is 4.74 Å². The molecule has 0 unspecified atom stereocenters. The SMILES string of the molecule is COCCCNC(=O)c1cncc(Nc2c(C)cc(C)cc2Cl)c1. The van der Waals surface area contributed by atoms with E-state index < -0.39 is 0 Å². The fourth-order valence-electron chi connectivity index (χ4n) is 2.37. The van der Waals surface area contributed by atoms with Crippen LogP contribution in [-0.4, -0.2) is 31.2 Å². The monoisotopic (exact) mass is 347 g/mol. The molecule has 0 spiro atoms. The van der Waals surface area contributed by atoms with E-state index in [1.165, 1.54) is 0 Å². The number of methoxy groups -OCH3 is 1. The van der Waals surface area contributed by atoms with Gasteiger partial charge in [-0.1, -0.05) is 17.7 Å². The molecule has 0 aliphatic rings. The summed E-state index contributed by atoms with van der Waals surface area (Å²) in [4.78, 5) is 16.3. The molecule has 0 atom stereocenters. The summed E-state index contributed by atoms with van der Waals surface area (Å²) in [5.74, 6) is -0.158. The Hall–Kier alpha value is -2.11. The number of nitrogens with one attached hydrogen (secondary N) is 2. The number of carbonyl (C=O) groups is 1. The quantitative estimate of drug-likeness (QED) is 0.746. The molecule has 0 saturated heterocycles. The number of hydrogen-bond donors (Lipinski definition) is 2. The Bertz CT molecular complexity index is 696. The van der Waals surface area contributed by atoms with Gasteiger partial charge in [-0.2, -0.15) is 0 Å². The van der Waals surface area contributed by atoms with E-state index in [1.54, 1.807) is 25.6 Å². The molecule has 0 saturated carbocycles. The van der Waals surface area contributed by atoms with Crippen molar-refractivity contribution < 1.29 is 9.53 Å². The van der Waals surface area contributed by atoms with E-state index in [2.05, 4.69) is 15.6 Å². The van der Waals surface area contributed by atoms with Crippen LogP contribution in [0.5, 0.6) is 0 Å². The normalized spacial score (nSPS) is 10.5. The van der Waals surface area contributed by atoms with E-state index in [9.17, 15) is 4.79 Å². The van der Waals surface area contributed by atoms with E-state index >= 15 is 0 Å². The van der Waals surface area contributed by atoms with Crippen molar-refractivity contribution in [3.8, 4) is 0 Å². The Balaban J connectivity index is 2.09. The van der Waals surface area contributed by atoms with Gasteiger partial charge in [0.2, 0.25) is 0 Å². The van der Waals surface area contributed by atoms with Crippen molar-refractivity contribution in [2.45, 2.75) is 20.3 Å². The zero-order valence-electron chi connectivity index (χ0n) is 14.1. The van der Waals surface area contributed by atoms with Gasteiger partial charge in [-0.05, 0) is 43.5 Å². The summed E-state index contributed by atoms with van der Waals surface area (Å²) in [7, 11) is 1.64. The van der Waals surface area contributed by atoms with Gasteiger partial charge in [0.1, 0.15) is 0 Å². The predicted octanol–water partition coefficient (Wildman–Crippen LogP) is 3.86. The number of rotatable bonds is 7. The van der Waals surface area contributed by atoms with Crippen LogP contribution in [0.2, 0.25) is 5.02 Å². The maximum Gasteiger partial charge on any atom is 0.252 e. The van der Waals surface area contributed by atoms with Crippen molar-refractivity contribution in [2.24, 2.45) is 0 Å². The van der Waals surface area contributed by atoms with Crippen LogP contribution in [0.3, 0.4) is 0 Å². The standard InChI is InChI=1S/C18H22ClN3O2/c1-12-7-13(2)17(16(19)8-12)22-15-9-14(10-20-11-15)18(23)21-5-4-6-24-3/h7-11,22H,4-6H2,1-3H3,(H,21,23). The maximum absolute atomic E-state index is 12.1. The first-order valence-electron chi connectivity index (χ1n) is 7.77. The van der Waals surface area contributed by atoms with Crippen LogP contribution >= 0.6 is 11.6 Å². The molecule has 24 heavy (non-hydrogen) atoms. The molecule has 0 bridgehead atoms. The topological polar surface area (TPSA) is 63.2 Å². The minimum Gasteiger partial charge on any atom is -0.385 e. The number of halogens is 1. The zero-order chi connectivity index (χ0) is 17.5. The first-order chi connectivity index (χ1) is 11.5. The molecule has 0 aliphatic heterocycles. The van der Waals surface area contributed by atoms with Gasteiger partial charge in [0.05, 0.1) is 28.2 Å². The van der Waals surface area contributed by atoms with Crippen LogP contribution < -0.4 is 10.6 Å². The number of aryl methyl sites for hydroxylation is 2. The van der Waals surface area contributed by atoms with Crippen LogP contribution in [0, 0.1) is 13.8 Å². The Kier molecular flexibility index (Phi) is 6.58. The highest BCUT2D eigenvalue weighted by atomic mass is 35.5. The minimum atomic E-state index is -0.158. The van der Waals surface area contributed by atoms with Crippen molar-refractivity contribution in [2.75, 3.05) is 25.6 Å². The van der Waals surface area contributed by atoms with Crippen molar-refractivity contribution in [1.29, 1.82) is 0 Å². The van der Waals surface area contributed by atoms with Gasteiger partial charge >= 0.3 is 0 Å². The second kappa shape index (κ2) is 8.66. The fourth-order valence-corrected chi connectivity index (χ4v) is 2.74. The molecule has 128 valence electrons. The number of benzene rings is 1. The third kappa shape index (κ3) is 4.94. The van der Waals surface area contributed by atoms with Crippen molar-refractivity contribution >= 4 is 28.9 Å². The lowest BCUT2D eigenvalue weighted by atomic mass is 10.1. The predicted molar refractivity (Wildman–Crippen MR) is 97.3 cm³/mol. The van der Waals surface area contributed by atoms with Crippen LogP contribution in [0.1, 0.15) is 27.9 Å². The number of anilines is 2. The molecule has 1 aromatic heterocycles. The molecule has 0 radical (unpaired) electrons. The summed E-state index contributed by atoms with van der Waals surface area (Å²) in [5.41, 5.74) is 4.17. The smallest absolute Gasteiger partial charge is 0.252 e. The van der Waals surface area contributed by atoms with Gasteiger partial charge in [-0.3, -0.25) is 9.78 Å². The highest BCUT2D eigenvalue weighted by Gasteiger charge is 2.09. The lowest BCUT2D eigenvalue weighted by Crippen LogP contribution is -2.25. The first kappa shape index (κ1) is 18.2. The summed E-state index contributed by atoms with van der Waals surface area (Å²) in [6, 6.07) is 5.71. The molecule has 1 heterocycles. The average Bonchev–Trinajstić information content (AvgIpc) is 2.55. The maximum atomic E-state index is 12.1. The molecule has 2 aromatic rings. The second-order valence-corrected chi connectivity index (χ2v) is 6.04. The molecular formula is C18H22ClN3O2. The number of pyridine rings is 1. The van der Waals surface area contributed by atoms with Crippen LogP contribution in [0.25, 0.3) is 0 Å². The molecule has 0 aliphatic carbocycles. The first-order valence-corrected chi connectivity index (χ1v) is 8.15. The van der Waals surface area contributed by atoms with Gasteiger partial charge in [0.15, 0.2) is 0 Å². The van der Waals surface area contributed by atoms with Crippen LogP contribution in [0.4, 0.5) is 11.4 Å². The molecule has 2 N–H and O–H groups in total. The minimum absolute atomic E-state index is 0.158. The number of amides is 1. The van der Waals surface area contributed by atoms with Gasteiger partial charge in [0, 0.05) is 26.5 Å². The lowest BCUT2D eigenvalue weighted by Gasteiger charge is -2.13. The van der Waals surface area contributed by atoms with Gasteiger partial charge in [-0.25, -0.2) is 0 Å². The number of ether oxygens (including phenoxy) is 1. The van der Waals surface area contributed by atoms with Crippen molar-refractivity contribution in [3.05, 3.63) is 52.3 Å². The Labute approximate surface area is 147 Å². The highest BCUT2D eigenvalue weighted by molar-refractivity contribution is 6.33. The number of aromatic nitrogens is 1. The molecule has 2 rings (SSSR count). The van der Waals surface area contributed by atoms with Crippen molar-refractivity contribution in [1.82, 2.24) is 10.3 Å². The average molecular weight is 348 g/mol. The Morgan fingerprint density at radius 2 is 2.04 bits per heavy atom. The molecule has 6 heteroatoms. The van der Waals surface area contributed by atoms with Gasteiger partial charge < -0.3 is 15.4 Å². The largest absolute Gasteiger partial charge is 0.385 e. The zero-order valence-corrected chi connectivity index (χ0v) is 14.9. The molecule has 0 fully saturated rings. The molecule has 1 amide bonds. The summed E-state index contributed by atoms with van der Waals surface area (Å²) in [6.07, 6.45) is 3.98. The summed E-state index contributed by atoms with van der Waals surface area (Å²) >= 11 is 6.31. The Morgan fingerprint density at radius 3 is 2.75 bits per heavy atom. The van der Waals surface area contributed by atoms with E-state index in [4.69, 9.17) is 16.3 Å². The van der Waals surface area contributed by atoms with E-state index in [-0.39, 0.29) is 5.91 Å². The van der Waals surface area contributed by atoms with E-state index in [0.717, 1.165) is 23.2 Å². The van der Waals surface area contributed by atoms with Crippen molar-refractivity contribution in [3.63, 3.8) is 0 Å². The number of nitrogens with zero attached hydrogens (tertiary/aromatic N) is 1. The summed E-state index contributed by atoms with van der Waals surface area (Å²) in [5, 5.41) is 6.73. The van der Waals surface area contributed by atoms with Crippen LogP contribution in [0.15, 0.2) is 30.6 Å². The van der Waals surface area contributed by atoms with E-state index in [1.807, 2.05) is 26.0 Å². The molecular weight excluding hydrogens is 326 g/mol. The third-order valence-corrected chi connectivity index (χ3v) is 3.81. The lowest BCUT2D eigenvalue weighted by molar-refractivity contribution is 0.0948. The highest BCUT2D eigenvalue weighted by Crippen LogP contribution is 2.30. The number of carbonyl (C=O) groups excluding carboxylic acids is 1. The third-order valence-electron chi connectivity index (χ3n) is 3.51. The summed E-state index contributed by atoms with van der Waals surface area (Å²) < 4.78 is 4.96. The fraction of sp³-hybridized carbons (Fsp3) is 0.333. The Morgan fingerprint density at radius 1 is 1.25 bits per heavy atom. The van der Waals surface area contributed by atoms with Gasteiger partial charge in [0.25, 0.3) is 5.91 Å². The summed E-state index contributed by atoms with van der Waals surface area (Å²) in [6.45, 7) is 5.16. The van der Waals surface area contributed by atoms with E-state index in [0.29, 0.717) is 29.4 Å². The second-order valence-electron chi connectivity index (χ2n) is 5.63. The van der Waals surface area contributed by atoms with Gasteiger partial charge in [-0.15, -0.1) is 0 Å². The molecule has 5 nitrogen and oxygen atoms in total.